The van der Waals surface area contributed by atoms with Crippen LogP contribution in [-0.4, -0.2) is 27.3 Å². The van der Waals surface area contributed by atoms with Crippen LogP contribution in [0.25, 0.3) is 16.7 Å². The lowest BCUT2D eigenvalue weighted by molar-refractivity contribution is -0.141. The van der Waals surface area contributed by atoms with E-state index in [-0.39, 0.29) is 11.1 Å². The Morgan fingerprint density at radius 2 is 1.59 bits per heavy atom. The lowest BCUT2D eigenvalue weighted by Crippen LogP contribution is -2.27. The molecule has 0 aliphatic rings. The Kier molecular flexibility index (Phi) is 4.54. The number of alkyl halides is 6. The second-order valence-electron chi connectivity index (χ2n) is 5.45. The third-order valence-corrected chi connectivity index (χ3v) is 3.50. The van der Waals surface area contributed by atoms with Crippen molar-refractivity contribution < 1.29 is 26.3 Å². The summed E-state index contributed by atoms with van der Waals surface area (Å²) in [6, 6.07) is 9.12. The third kappa shape index (κ3) is 4.01. The van der Waals surface area contributed by atoms with E-state index in [0.717, 1.165) is 10.6 Å². The molecule has 0 aliphatic carbocycles. The predicted octanol–water partition coefficient (Wildman–Crippen LogP) is 3.77. The average molecular weight is 388 g/mol. The van der Waals surface area contributed by atoms with Gasteiger partial charge in [-0.1, -0.05) is 18.2 Å². The molecule has 2 heterocycles. The van der Waals surface area contributed by atoms with E-state index >= 15 is 0 Å². The fraction of sp³-hybridized carbons (Fsp3) is 0.188. The summed E-state index contributed by atoms with van der Waals surface area (Å²) < 4.78 is 77.3. The maximum atomic E-state index is 13.0. The minimum atomic E-state index is -4.80. The van der Waals surface area contributed by atoms with Crippen LogP contribution in [0.4, 0.5) is 32.2 Å². The van der Waals surface area contributed by atoms with Crippen LogP contribution in [0, 0.1) is 0 Å². The highest BCUT2D eigenvalue weighted by atomic mass is 19.4. The van der Waals surface area contributed by atoms with E-state index in [1.54, 1.807) is 6.07 Å². The molecular weight excluding hydrogens is 378 g/mol. The highest BCUT2D eigenvalue weighted by Gasteiger charge is 2.33. The molecule has 0 saturated carbocycles. The number of nitrogens with one attached hydrogen (secondary N) is 1. The fourth-order valence-corrected chi connectivity index (χ4v) is 2.39. The van der Waals surface area contributed by atoms with Gasteiger partial charge in [-0.3, -0.25) is 0 Å². The van der Waals surface area contributed by atoms with Crippen LogP contribution in [0.2, 0.25) is 0 Å². The Morgan fingerprint density at radius 1 is 0.926 bits per heavy atom. The van der Waals surface area contributed by atoms with E-state index < -0.39 is 41.7 Å². The van der Waals surface area contributed by atoms with Gasteiger partial charge in [0.15, 0.2) is 5.65 Å². The van der Waals surface area contributed by atoms with Gasteiger partial charge in [-0.2, -0.15) is 31.3 Å². The molecule has 0 atom stereocenters. The van der Waals surface area contributed by atoms with Crippen LogP contribution in [0.15, 0.2) is 47.3 Å². The fourth-order valence-electron chi connectivity index (χ4n) is 2.39. The Bertz CT molecular complexity index is 1030. The summed E-state index contributed by atoms with van der Waals surface area (Å²) in [6.07, 6.45) is -9.41. The Labute approximate surface area is 147 Å². The standard InChI is InChI=1S/C16H10F6N4O/c17-15(18,19)8-23-12-10-6-7-11(16(20,21)22)24-13(10)26(14(27)25-12)9-4-2-1-3-5-9/h1-7H,8H2,(H,23,25,27). The number of aromatic nitrogens is 3. The van der Waals surface area contributed by atoms with E-state index in [4.69, 9.17) is 0 Å². The summed E-state index contributed by atoms with van der Waals surface area (Å²) in [6.45, 7) is -1.51. The molecule has 27 heavy (non-hydrogen) atoms. The molecule has 2 aromatic heterocycles. The first kappa shape index (κ1) is 18.7. The summed E-state index contributed by atoms with van der Waals surface area (Å²) in [5.41, 5.74) is -2.63. The minimum absolute atomic E-state index is 0.157. The van der Waals surface area contributed by atoms with E-state index in [9.17, 15) is 31.1 Å². The Balaban J connectivity index is 2.28. The second-order valence-corrected chi connectivity index (χ2v) is 5.45. The van der Waals surface area contributed by atoms with Gasteiger partial charge in [0.2, 0.25) is 0 Å². The van der Waals surface area contributed by atoms with Crippen molar-refractivity contribution in [3.05, 3.63) is 58.6 Å². The van der Waals surface area contributed by atoms with E-state index in [2.05, 4.69) is 9.97 Å². The van der Waals surface area contributed by atoms with Crippen molar-refractivity contribution in [3.8, 4) is 5.69 Å². The maximum Gasteiger partial charge on any atom is 0.433 e. The molecule has 3 rings (SSSR count). The number of para-hydroxylation sites is 1. The Hall–Kier alpha value is -3.11. The molecule has 0 bridgehead atoms. The molecule has 11 heteroatoms. The van der Waals surface area contributed by atoms with E-state index in [1.165, 1.54) is 24.3 Å². The molecule has 0 amide bonds. The van der Waals surface area contributed by atoms with Crippen LogP contribution in [0.5, 0.6) is 0 Å². The topological polar surface area (TPSA) is 59.8 Å². The number of halogens is 6. The van der Waals surface area contributed by atoms with Crippen molar-refractivity contribution in [2.24, 2.45) is 0 Å². The molecule has 5 nitrogen and oxygen atoms in total. The number of pyridine rings is 1. The van der Waals surface area contributed by atoms with Crippen LogP contribution < -0.4 is 11.0 Å². The minimum Gasteiger partial charge on any atom is -0.360 e. The zero-order chi connectivity index (χ0) is 19.8. The lowest BCUT2D eigenvalue weighted by Gasteiger charge is -2.15. The first-order chi connectivity index (χ1) is 12.6. The van der Waals surface area contributed by atoms with Gasteiger partial charge in [0.05, 0.1) is 11.1 Å². The first-order valence-corrected chi connectivity index (χ1v) is 7.43. The van der Waals surface area contributed by atoms with E-state index in [1.807, 2.05) is 5.32 Å². The quantitative estimate of drug-likeness (QED) is 0.694. The van der Waals surface area contributed by atoms with Crippen LogP contribution in [-0.2, 0) is 6.18 Å². The summed E-state index contributed by atoms with van der Waals surface area (Å²) in [4.78, 5) is 19.4. The molecule has 1 aromatic carbocycles. The number of benzene rings is 1. The molecule has 1 N–H and O–H groups in total. The van der Waals surface area contributed by atoms with Gasteiger partial charge >= 0.3 is 18.0 Å². The van der Waals surface area contributed by atoms with Gasteiger partial charge in [-0.15, -0.1) is 0 Å². The SMILES string of the molecule is O=c1nc(NCC(F)(F)F)c2ccc(C(F)(F)F)nc2n1-c1ccccc1. The zero-order valence-electron chi connectivity index (χ0n) is 13.3. The molecule has 0 unspecified atom stereocenters. The Morgan fingerprint density at radius 3 is 2.19 bits per heavy atom. The van der Waals surface area contributed by atoms with Crippen LogP contribution in [0.1, 0.15) is 5.69 Å². The lowest BCUT2D eigenvalue weighted by atomic mass is 10.2. The second kappa shape index (κ2) is 6.56. The molecule has 0 saturated heterocycles. The van der Waals surface area contributed by atoms with Gasteiger partial charge in [-0.05, 0) is 24.3 Å². The molecule has 0 aliphatic heterocycles. The zero-order valence-corrected chi connectivity index (χ0v) is 13.3. The highest BCUT2D eigenvalue weighted by molar-refractivity contribution is 5.87. The van der Waals surface area contributed by atoms with Gasteiger partial charge in [-0.25, -0.2) is 14.3 Å². The maximum absolute atomic E-state index is 13.0. The molecule has 0 fully saturated rings. The molecule has 0 spiro atoms. The predicted molar refractivity (Wildman–Crippen MR) is 84.7 cm³/mol. The van der Waals surface area contributed by atoms with Gasteiger partial charge in [0, 0.05) is 0 Å². The number of hydrogen-bond donors (Lipinski definition) is 1. The summed E-state index contributed by atoms with van der Waals surface area (Å²) in [5, 5.41) is 1.78. The van der Waals surface area contributed by atoms with Gasteiger partial charge < -0.3 is 5.32 Å². The van der Waals surface area contributed by atoms with Crippen LogP contribution >= 0.6 is 0 Å². The number of nitrogens with zero attached hydrogens (tertiary/aromatic N) is 3. The van der Waals surface area contributed by atoms with E-state index in [0.29, 0.717) is 6.07 Å². The highest BCUT2D eigenvalue weighted by Crippen LogP contribution is 2.30. The van der Waals surface area contributed by atoms with Gasteiger partial charge in [0.25, 0.3) is 0 Å². The molecule has 3 aromatic rings. The summed E-state index contributed by atoms with van der Waals surface area (Å²) in [5.74, 6) is -0.499. The van der Waals surface area contributed by atoms with Crippen molar-refractivity contribution >= 4 is 16.9 Å². The number of fused-ring (bicyclic) bond motifs is 1. The van der Waals surface area contributed by atoms with Crippen molar-refractivity contribution in [3.63, 3.8) is 0 Å². The third-order valence-electron chi connectivity index (χ3n) is 3.50. The smallest absolute Gasteiger partial charge is 0.360 e. The first-order valence-electron chi connectivity index (χ1n) is 7.43. The number of rotatable bonds is 3. The molecule has 142 valence electrons. The van der Waals surface area contributed by atoms with Crippen molar-refractivity contribution in [1.29, 1.82) is 0 Å². The van der Waals surface area contributed by atoms with Gasteiger partial charge in [0.1, 0.15) is 18.1 Å². The molecular formula is C16H10F6N4O. The van der Waals surface area contributed by atoms with Crippen molar-refractivity contribution in [1.82, 2.24) is 14.5 Å². The normalized spacial score (nSPS) is 12.4. The molecule has 0 radical (unpaired) electrons. The van der Waals surface area contributed by atoms with Crippen molar-refractivity contribution in [2.45, 2.75) is 12.4 Å². The summed E-state index contributed by atoms with van der Waals surface area (Å²) >= 11 is 0. The number of anilines is 1. The van der Waals surface area contributed by atoms with Crippen LogP contribution in [0.3, 0.4) is 0 Å². The number of hydrogen-bond acceptors (Lipinski definition) is 4. The van der Waals surface area contributed by atoms with Crippen molar-refractivity contribution in [2.75, 3.05) is 11.9 Å². The summed E-state index contributed by atoms with van der Waals surface area (Å²) in [7, 11) is 0. The average Bonchev–Trinajstić information content (AvgIpc) is 2.58. The largest absolute Gasteiger partial charge is 0.433 e. The monoisotopic (exact) mass is 388 g/mol.